The molecule has 0 aliphatic carbocycles. The molecule has 0 bridgehead atoms. The Balaban J connectivity index is 1.65. The molecule has 1 aromatic rings. The van der Waals surface area contributed by atoms with E-state index in [4.69, 9.17) is 4.74 Å². The Labute approximate surface area is 131 Å². The predicted octanol–water partition coefficient (Wildman–Crippen LogP) is 1.57. The van der Waals surface area contributed by atoms with Gasteiger partial charge in [-0.15, -0.1) is 0 Å². The number of benzene rings is 1. The van der Waals surface area contributed by atoms with E-state index in [1.165, 1.54) is 6.07 Å². The van der Waals surface area contributed by atoms with Gasteiger partial charge < -0.3 is 14.7 Å². The third-order valence-electron chi connectivity index (χ3n) is 5.10. The van der Waals surface area contributed by atoms with Crippen molar-refractivity contribution >= 4 is 5.91 Å². The molecule has 1 spiro atoms. The second kappa shape index (κ2) is 5.89. The summed E-state index contributed by atoms with van der Waals surface area (Å²) in [6.45, 7) is 3.38. The highest BCUT2D eigenvalue weighted by Gasteiger charge is 2.50. The molecule has 120 valence electrons. The highest BCUT2D eigenvalue weighted by atomic mass is 16.5. The van der Waals surface area contributed by atoms with Crippen molar-refractivity contribution in [2.45, 2.75) is 18.4 Å². The molecule has 5 nitrogen and oxygen atoms in total. The van der Waals surface area contributed by atoms with Crippen LogP contribution in [0.1, 0.15) is 23.2 Å². The molecule has 5 heteroatoms. The molecule has 2 fully saturated rings. The quantitative estimate of drug-likeness (QED) is 0.921. The summed E-state index contributed by atoms with van der Waals surface area (Å²) in [5.41, 5.74) is 0.662. The molecule has 1 amide bonds. The molecule has 2 heterocycles. The van der Waals surface area contributed by atoms with Gasteiger partial charge in [0.15, 0.2) is 0 Å². The SMILES string of the molecule is COC[C@@H]1CCN(C)C2(C1)CN(C(=O)c1cccc(O)c1)C2. The topological polar surface area (TPSA) is 53.0 Å². The molecule has 1 N–H and O–H groups in total. The van der Waals surface area contributed by atoms with Crippen LogP contribution in [-0.4, -0.2) is 66.8 Å². The number of rotatable bonds is 3. The maximum Gasteiger partial charge on any atom is 0.254 e. The number of methoxy groups -OCH3 is 1. The van der Waals surface area contributed by atoms with E-state index in [0.717, 1.165) is 39.1 Å². The van der Waals surface area contributed by atoms with Crippen LogP contribution in [0.2, 0.25) is 0 Å². The summed E-state index contributed by atoms with van der Waals surface area (Å²) in [6, 6.07) is 6.58. The number of carbonyl (C=O) groups excluding carboxylic acids is 1. The molecule has 22 heavy (non-hydrogen) atoms. The first-order chi connectivity index (χ1) is 10.5. The van der Waals surface area contributed by atoms with Crippen molar-refractivity contribution in [3.63, 3.8) is 0 Å². The number of hydrogen-bond acceptors (Lipinski definition) is 4. The largest absolute Gasteiger partial charge is 0.508 e. The van der Waals surface area contributed by atoms with Crippen molar-refractivity contribution in [2.75, 3.05) is 40.4 Å². The van der Waals surface area contributed by atoms with E-state index in [9.17, 15) is 9.90 Å². The maximum absolute atomic E-state index is 12.5. The fourth-order valence-corrected chi connectivity index (χ4v) is 3.79. The van der Waals surface area contributed by atoms with Crippen LogP contribution in [-0.2, 0) is 4.74 Å². The van der Waals surface area contributed by atoms with Crippen LogP contribution < -0.4 is 0 Å². The lowest BCUT2D eigenvalue weighted by Crippen LogP contribution is -2.72. The first kappa shape index (κ1) is 15.3. The minimum atomic E-state index is 0.00351. The highest BCUT2D eigenvalue weighted by Crippen LogP contribution is 2.38. The number of ether oxygens (including phenoxy) is 1. The van der Waals surface area contributed by atoms with E-state index in [1.54, 1.807) is 25.3 Å². The van der Waals surface area contributed by atoms with Gasteiger partial charge in [-0.3, -0.25) is 9.69 Å². The summed E-state index contributed by atoms with van der Waals surface area (Å²) < 4.78 is 5.31. The molecular weight excluding hydrogens is 280 g/mol. The normalized spacial score (nSPS) is 24.3. The number of aromatic hydroxyl groups is 1. The third kappa shape index (κ3) is 2.71. The van der Waals surface area contributed by atoms with E-state index in [2.05, 4.69) is 11.9 Å². The van der Waals surface area contributed by atoms with Gasteiger partial charge in [0.25, 0.3) is 5.91 Å². The molecule has 1 aromatic carbocycles. The Hall–Kier alpha value is -1.59. The van der Waals surface area contributed by atoms with E-state index in [1.807, 2.05) is 4.90 Å². The smallest absolute Gasteiger partial charge is 0.254 e. The average Bonchev–Trinajstić information content (AvgIpc) is 2.46. The Kier molecular flexibility index (Phi) is 4.10. The molecule has 2 aliphatic heterocycles. The van der Waals surface area contributed by atoms with Gasteiger partial charge in [0.1, 0.15) is 5.75 Å². The Morgan fingerprint density at radius 1 is 1.45 bits per heavy atom. The molecule has 0 aromatic heterocycles. The molecule has 0 unspecified atom stereocenters. The van der Waals surface area contributed by atoms with Crippen molar-refractivity contribution in [2.24, 2.45) is 5.92 Å². The van der Waals surface area contributed by atoms with E-state index >= 15 is 0 Å². The number of likely N-dealkylation sites (tertiary alicyclic amines) is 2. The Morgan fingerprint density at radius 2 is 2.23 bits per heavy atom. The van der Waals surface area contributed by atoms with Crippen LogP contribution in [0.3, 0.4) is 0 Å². The van der Waals surface area contributed by atoms with Crippen LogP contribution in [0.15, 0.2) is 24.3 Å². The first-order valence-corrected chi connectivity index (χ1v) is 7.82. The summed E-state index contributed by atoms with van der Waals surface area (Å²) in [6.07, 6.45) is 2.24. The summed E-state index contributed by atoms with van der Waals surface area (Å²) >= 11 is 0. The van der Waals surface area contributed by atoms with Gasteiger partial charge in [-0.25, -0.2) is 0 Å². The summed E-state index contributed by atoms with van der Waals surface area (Å²) in [5.74, 6) is 0.721. The zero-order valence-electron chi connectivity index (χ0n) is 13.3. The van der Waals surface area contributed by atoms with Crippen LogP contribution in [0.25, 0.3) is 0 Å². The Bertz CT molecular complexity index is 555. The van der Waals surface area contributed by atoms with Crippen LogP contribution in [0.4, 0.5) is 0 Å². The van der Waals surface area contributed by atoms with Gasteiger partial charge in [-0.05, 0) is 50.6 Å². The van der Waals surface area contributed by atoms with E-state index < -0.39 is 0 Å². The van der Waals surface area contributed by atoms with E-state index in [-0.39, 0.29) is 17.2 Å². The zero-order chi connectivity index (χ0) is 15.7. The fourth-order valence-electron chi connectivity index (χ4n) is 3.79. The summed E-state index contributed by atoms with van der Waals surface area (Å²) in [7, 11) is 3.91. The van der Waals surface area contributed by atoms with Gasteiger partial charge in [-0.1, -0.05) is 6.07 Å². The number of carbonyl (C=O) groups is 1. The minimum absolute atomic E-state index is 0.00351. The minimum Gasteiger partial charge on any atom is -0.508 e. The number of piperidine rings is 1. The van der Waals surface area contributed by atoms with Crippen molar-refractivity contribution in [1.82, 2.24) is 9.80 Å². The van der Waals surface area contributed by atoms with Gasteiger partial charge in [0, 0.05) is 32.4 Å². The lowest BCUT2D eigenvalue weighted by Gasteiger charge is -2.58. The molecular formula is C17H24N2O3. The number of hydrogen-bond donors (Lipinski definition) is 1. The highest BCUT2D eigenvalue weighted by molar-refractivity contribution is 5.95. The third-order valence-corrected chi connectivity index (χ3v) is 5.10. The van der Waals surface area contributed by atoms with Crippen LogP contribution in [0, 0.1) is 5.92 Å². The standard InChI is InChI=1S/C17H24N2O3/c1-18-7-6-13(10-22-2)9-17(18)11-19(12-17)16(21)14-4-3-5-15(20)8-14/h3-5,8,13,20H,6-7,9-12H2,1-2H3/t13-/m1/s1. The molecule has 0 radical (unpaired) electrons. The average molecular weight is 304 g/mol. The number of likely N-dealkylation sites (N-methyl/N-ethyl adjacent to an activating group) is 1. The molecule has 0 saturated carbocycles. The maximum atomic E-state index is 12.5. The molecule has 3 rings (SSSR count). The molecule has 2 aliphatic rings. The van der Waals surface area contributed by atoms with Crippen molar-refractivity contribution in [1.29, 1.82) is 0 Å². The predicted molar refractivity (Wildman–Crippen MR) is 84.0 cm³/mol. The fraction of sp³-hybridized carbons (Fsp3) is 0.588. The zero-order valence-corrected chi connectivity index (χ0v) is 13.3. The van der Waals surface area contributed by atoms with Crippen molar-refractivity contribution < 1.29 is 14.6 Å². The number of phenols is 1. The monoisotopic (exact) mass is 304 g/mol. The first-order valence-electron chi connectivity index (χ1n) is 7.82. The van der Waals surface area contributed by atoms with Gasteiger partial charge in [0.2, 0.25) is 0 Å². The molecule has 1 atom stereocenters. The van der Waals surface area contributed by atoms with Gasteiger partial charge in [-0.2, -0.15) is 0 Å². The second-order valence-corrected chi connectivity index (χ2v) is 6.67. The van der Waals surface area contributed by atoms with Gasteiger partial charge >= 0.3 is 0 Å². The summed E-state index contributed by atoms with van der Waals surface area (Å²) in [5, 5.41) is 9.52. The molecule has 2 saturated heterocycles. The lowest BCUT2D eigenvalue weighted by molar-refractivity contribution is -0.0731. The van der Waals surface area contributed by atoms with Crippen LogP contribution in [0.5, 0.6) is 5.75 Å². The number of phenolic OH excluding ortho intramolecular Hbond substituents is 1. The summed E-state index contributed by atoms with van der Waals surface area (Å²) in [4.78, 5) is 16.8. The van der Waals surface area contributed by atoms with Gasteiger partial charge in [0.05, 0.1) is 5.54 Å². The Morgan fingerprint density at radius 3 is 2.91 bits per heavy atom. The van der Waals surface area contributed by atoms with Crippen molar-refractivity contribution in [3.8, 4) is 5.75 Å². The lowest BCUT2D eigenvalue weighted by atomic mass is 9.75. The second-order valence-electron chi connectivity index (χ2n) is 6.67. The van der Waals surface area contributed by atoms with Crippen LogP contribution >= 0.6 is 0 Å². The number of amides is 1. The van der Waals surface area contributed by atoms with Crippen molar-refractivity contribution in [3.05, 3.63) is 29.8 Å². The van der Waals surface area contributed by atoms with E-state index in [0.29, 0.717) is 11.5 Å². The number of nitrogens with zero attached hydrogens (tertiary/aromatic N) is 2.